The summed E-state index contributed by atoms with van der Waals surface area (Å²) >= 11 is 1.67. The molecule has 0 amide bonds. The van der Waals surface area contributed by atoms with E-state index in [1.807, 2.05) is 0 Å². The first kappa shape index (κ1) is 14.8. The maximum atomic E-state index is 4.84. The van der Waals surface area contributed by atoms with Crippen LogP contribution in [0.15, 0.2) is 42.0 Å². The zero-order valence-corrected chi connectivity index (χ0v) is 14.6. The number of H-pyrrole nitrogens is 1. The van der Waals surface area contributed by atoms with E-state index in [0.29, 0.717) is 0 Å². The summed E-state index contributed by atoms with van der Waals surface area (Å²) in [6.07, 6.45) is 1.52. The maximum absolute atomic E-state index is 4.84. The number of nitrogens with one attached hydrogen (secondary N) is 1. The summed E-state index contributed by atoms with van der Waals surface area (Å²) in [5, 5.41) is 10.0. The van der Waals surface area contributed by atoms with Crippen molar-refractivity contribution < 1.29 is 0 Å². The number of hydrogen-bond donors (Lipinski definition) is 1. The molecule has 0 radical (unpaired) electrons. The smallest absolute Gasteiger partial charge is 0.229 e. The van der Waals surface area contributed by atoms with Crippen LogP contribution in [0.5, 0.6) is 0 Å². The molecule has 6 heteroatoms. The third-order valence-corrected chi connectivity index (χ3v) is 5.02. The molecule has 5 nitrogen and oxygen atoms in total. The Morgan fingerprint density at radius 2 is 1.88 bits per heavy atom. The van der Waals surface area contributed by atoms with E-state index in [0.717, 1.165) is 39.2 Å². The van der Waals surface area contributed by atoms with E-state index in [9.17, 15) is 0 Å². The molecule has 120 valence electrons. The van der Waals surface area contributed by atoms with E-state index in [4.69, 9.17) is 4.98 Å². The maximum Gasteiger partial charge on any atom is 0.229 e. The Balaban J connectivity index is 1.75. The van der Waals surface area contributed by atoms with Gasteiger partial charge >= 0.3 is 0 Å². The zero-order chi connectivity index (χ0) is 16.7. The van der Waals surface area contributed by atoms with E-state index in [2.05, 4.69) is 76.2 Å². The molecule has 0 aliphatic rings. The molecule has 0 fully saturated rings. The van der Waals surface area contributed by atoms with Gasteiger partial charge in [-0.25, -0.2) is 10.1 Å². The average molecular weight is 335 g/mol. The molecule has 0 unspecified atom stereocenters. The Morgan fingerprint density at radius 1 is 1.08 bits per heavy atom. The molecule has 0 aliphatic carbocycles. The van der Waals surface area contributed by atoms with Crippen LogP contribution in [-0.2, 0) is 0 Å². The second kappa shape index (κ2) is 5.72. The normalized spacial score (nSPS) is 11.1. The number of aromatic nitrogens is 5. The van der Waals surface area contributed by atoms with E-state index >= 15 is 0 Å². The molecule has 24 heavy (non-hydrogen) atoms. The van der Waals surface area contributed by atoms with Crippen molar-refractivity contribution in [3.8, 4) is 27.8 Å². The highest BCUT2D eigenvalue weighted by Gasteiger charge is 2.16. The Bertz CT molecular complexity index is 977. The van der Waals surface area contributed by atoms with Crippen molar-refractivity contribution in [3.05, 3.63) is 59.0 Å². The van der Waals surface area contributed by atoms with Crippen LogP contribution in [0, 0.1) is 20.8 Å². The molecule has 0 spiro atoms. The fraction of sp³-hybridized carbons (Fsp3) is 0.167. The highest BCUT2D eigenvalue weighted by Crippen LogP contribution is 2.32. The second-order valence-electron chi connectivity index (χ2n) is 5.83. The van der Waals surface area contributed by atoms with Crippen LogP contribution in [0.3, 0.4) is 0 Å². The molecule has 4 rings (SSSR count). The van der Waals surface area contributed by atoms with Gasteiger partial charge in [0.1, 0.15) is 11.3 Å². The lowest BCUT2D eigenvalue weighted by atomic mass is 10.1. The van der Waals surface area contributed by atoms with E-state index < -0.39 is 0 Å². The third kappa shape index (κ3) is 2.45. The summed E-state index contributed by atoms with van der Waals surface area (Å²) in [6, 6.07) is 10.6. The zero-order valence-electron chi connectivity index (χ0n) is 13.7. The number of nitrogens with zero attached hydrogens (tertiary/aromatic N) is 4. The molecule has 0 aliphatic heterocycles. The number of thiazole rings is 1. The predicted molar refractivity (Wildman–Crippen MR) is 96.5 cm³/mol. The van der Waals surface area contributed by atoms with Crippen LogP contribution >= 0.6 is 11.3 Å². The van der Waals surface area contributed by atoms with Crippen molar-refractivity contribution in [2.24, 2.45) is 0 Å². The monoisotopic (exact) mass is 335 g/mol. The largest absolute Gasteiger partial charge is 0.287 e. The Labute approximate surface area is 144 Å². The van der Waals surface area contributed by atoms with E-state index in [-0.39, 0.29) is 0 Å². The van der Waals surface area contributed by atoms with Crippen LogP contribution in [0.25, 0.3) is 27.8 Å². The Morgan fingerprint density at radius 3 is 2.58 bits per heavy atom. The minimum Gasteiger partial charge on any atom is -0.287 e. The summed E-state index contributed by atoms with van der Waals surface area (Å²) in [4.78, 5) is 9.09. The minimum atomic E-state index is 0.727. The van der Waals surface area contributed by atoms with Crippen LogP contribution in [-0.4, -0.2) is 24.7 Å². The van der Waals surface area contributed by atoms with Gasteiger partial charge in [0.05, 0.1) is 5.69 Å². The summed E-state index contributed by atoms with van der Waals surface area (Å²) in [5.74, 6) is 0.727. The van der Waals surface area contributed by atoms with E-state index in [1.165, 1.54) is 11.9 Å². The lowest BCUT2D eigenvalue weighted by Crippen LogP contribution is -2.01. The summed E-state index contributed by atoms with van der Waals surface area (Å²) < 4.78 is 2.06. The van der Waals surface area contributed by atoms with Gasteiger partial charge < -0.3 is 0 Å². The van der Waals surface area contributed by atoms with Gasteiger partial charge in [-0.05, 0) is 26.8 Å². The van der Waals surface area contributed by atoms with E-state index in [1.54, 1.807) is 11.3 Å². The number of aromatic amines is 1. The minimum absolute atomic E-state index is 0.727. The van der Waals surface area contributed by atoms with Crippen LogP contribution in [0.1, 0.15) is 17.0 Å². The fourth-order valence-electron chi connectivity index (χ4n) is 2.88. The van der Waals surface area contributed by atoms with Gasteiger partial charge in [-0.15, -0.1) is 11.3 Å². The highest BCUT2D eigenvalue weighted by molar-refractivity contribution is 7.13. The van der Waals surface area contributed by atoms with Crippen molar-refractivity contribution in [1.82, 2.24) is 24.7 Å². The van der Waals surface area contributed by atoms with Gasteiger partial charge in [-0.2, -0.15) is 10.1 Å². The lowest BCUT2D eigenvalue weighted by Gasteiger charge is -2.04. The van der Waals surface area contributed by atoms with Gasteiger partial charge in [0.25, 0.3) is 0 Å². The standard InChI is InChI=1S/C18H17N5S/c1-11-4-6-14(7-5-11)17-21-16(9-24-17)15-8-12(2)23(13(15)3)18-19-10-20-22-18/h4-10H,1-3H3,(H,19,20,22). The third-order valence-electron chi connectivity index (χ3n) is 4.12. The molecular formula is C18H17N5S. The Kier molecular flexibility index (Phi) is 3.54. The van der Waals surface area contributed by atoms with Crippen molar-refractivity contribution in [3.63, 3.8) is 0 Å². The van der Waals surface area contributed by atoms with Gasteiger partial charge in [-0.1, -0.05) is 29.8 Å². The van der Waals surface area contributed by atoms with Crippen LogP contribution in [0.2, 0.25) is 0 Å². The second-order valence-corrected chi connectivity index (χ2v) is 6.69. The molecule has 4 aromatic rings. The molecular weight excluding hydrogens is 318 g/mol. The first-order valence-corrected chi connectivity index (χ1v) is 8.59. The molecule has 0 atom stereocenters. The molecule has 1 N–H and O–H groups in total. The van der Waals surface area contributed by atoms with Gasteiger partial charge in [0, 0.05) is 27.9 Å². The average Bonchev–Trinajstić information content (AvgIpc) is 3.29. The number of hydrogen-bond acceptors (Lipinski definition) is 4. The molecule has 0 saturated carbocycles. The van der Waals surface area contributed by atoms with Crippen LogP contribution < -0.4 is 0 Å². The quantitative estimate of drug-likeness (QED) is 0.607. The number of aryl methyl sites for hydroxylation is 2. The number of rotatable bonds is 3. The van der Waals surface area contributed by atoms with Crippen molar-refractivity contribution in [1.29, 1.82) is 0 Å². The van der Waals surface area contributed by atoms with Crippen molar-refractivity contribution in [2.75, 3.05) is 0 Å². The molecule has 0 bridgehead atoms. The fourth-order valence-corrected chi connectivity index (χ4v) is 3.71. The highest BCUT2D eigenvalue weighted by atomic mass is 32.1. The summed E-state index contributed by atoms with van der Waals surface area (Å²) in [5.41, 5.74) is 6.73. The SMILES string of the molecule is Cc1ccc(-c2nc(-c3cc(C)n(-c4ncn[nH]4)c3C)cs2)cc1. The van der Waals surface area contributed by atoms with Gasteiger partial charge in [-0.3, -0.25) is 4.57 Å². The van der Waals surface area contributed by atoms with Crippen molar-refractivity contribution in [2.45, 2.75) is 20.8 Å². The van der Waals surface area contributed by atoms with Gasteiger partial charge in [0.15, 0.2) is 0 Å². The molecule has 3 heterocycles. The van der Waals surface area contributed by atoms with Gasteiger partial charge in [0.2, 0.25) is 5.95 Å². The lowest BCUT2D eigenvalue weighted by molar-refractivity contribution is 0.879. The molecule has 0 saturated heterocycles. The number of benzene rings is 1. The van der Waals surface area contributed by atoms with Crippen molar-refractivity contribution >= 4 is 11.3 Å². The summed E-state index contributed by atoms with van der Waals surface area (Å²) in [6.45, 7) is 6.23. The molecule has 3 aromatic heterocycles. The molecule has 1 aromatic carbocycles. The first-order chi connectivity index (χ1) is 11.6. The summed E-state index contributed by atoms with van der Waals surface area (Å²) in [7, 11) is 0. The van der Waals surface area contributed by atoms with Crippen LogP contribution in [0.4, 0.5) is 0 Å². The predicted octanol–water partition coefficient (Wildman–Crippen LogP) is 4.31. The Hall–Kier alpha value is -2.73. The first-order valence-electron chi connectivity index (χ1n) is 7.71. The topological polar surface area (TPSA) is 59.4 Å².